The highest BCUT2D eigenvalue weighted by Crippen LogP contribution is 2.22. The molecule has 3 aromatic rings. The number of carboxylic acids is 1. The third kappa shape index (κ3) is 7.64. The van der Waals surface area contributed by atoms with E-state index in [0.29, 0.717) is 5.92 Å². The van der Waals surface area contributed by atoms with Crippen LogP contribution in [0.2, 0.25) is 0 Å². The van der Waals surface area contributed by atoms with E-state index in [0.717, 1.165) is 36.9 Å². The molecular weight excluding hydrogens is 461 g/mol. The van der Waals surface area contributed by atoms with Gasteiger partial charge in [0, 0.05) is 25.0 Å². The van der Waals surface area contributed by atoms with Gasteiger partial charge in [0.2, 0.25) is 0 Å². The van der Waals surface area contributed by atoms with Crippen LogP contribution in [0, 0.1) is 5.92 Å². The Bertz CT molecular complexity index is 1110. The highest BCUT2D eigenvalue weighted by molar-refractivity contribution is 5.73. The molecule has 1 aliphatic rings. The third-order valence-corrected chi connectivity index (χ3v) is 5.60. The largest absolute Gasteiger partial charge is 0.490 e. The van der Waals surface area contributed by atoms with Crippen LogP contribution >= 0.6 is 0 Å². The molecule has 0 saturated carbocycles. The smallest absolute Gasteiger partial charge is 0.475 e. The zero-order chi connectivity index (χ0) is 25.6. The predicted octanol–water partition coefficient (Wildman–Crippen LogP) is 4.38. The Morgan fingerprint density at radius 1 is 1.11 bits per heavy atom. The molecule has 8 nitrogen and oxygen atoms in total. The van der Waals surface area contributed by atoms with Gasteiger partial charge < -0.3 is 10.4 Å². The van der Waals surface area contributed by atoms with Crippen molar-refractivity contribution in [1.29, 1.82) is 0 Å². The molecule has 0 aliphatic carbocycles. The number of hydrogen-bond donors (Lipinski definition) is 2. The van der Waals surface area contributed by atoms with E-state index in [1.54, 1.807) is 0 Å². The molecule has 1 fully saturated rings. The van der Waals surface area contributed by atoms with E-state index in [1.807, 2.05) is 16.6 Å². The molecule has 1 atom stereocenters. The number of anilines is 1. The van der Waals surface area contributed by atoms with Crippen LogP contribution in [0.1, 0.15) is 45.0 Å². The maximum Gasteiger partial charge on any atom is 0.490 e. The maximum atomic E-state index is 10.6. The number of aliphatic carboxylic acids is 1. The zero-order valence-corrected chi connectivity index (χ0v) is 20.1. The molecule has 1 saturated heterocycles. The highest BCUT2D eigenvalue weighted by Gasteiger charge is 2.38. The van der Waals surface area contributed by atoms with Crippen LogP contribution in [0.25, 0.3) is 5.65 Å². The van der Waals surface area contributed by atoms with Crippen molar-refractivity contribution in [2.45, 2.75) is 51.7 Å². The van der Waals surface area contributed by atoms with E-state index >= 15 is 0 Å². The number of hydrogen-bond acceptors (Lipinski definition) is 6. The lowest BCUT2D eigenvalue weighted by atomic mass is 9.96. The number of halogens is 3. The number of carboxylic acid groups (broad SMARTS) is 1. The van der Waals surface area contributed by atoms with Crippen LogP contribution in [0.5, 0.6) is 0 Å². The second-order valence-electron chi connectivity index (χ2n) is 9.67. The standard InChI is InChI=1S/C22H30N6.C2HF3O2/c1-22(2,3)21-25-24-20-12-11-19(26-28(20)21)23-14-18-10-7-13-27(16-18)15-17-8-5-4-6-9-17;3-2(4,5)1(6)7/h4-6,8-9,11-12,18H,7,10,13-16H2,1-3H3,(H,23,26);(H,6,7). The monoisotopic (exact) mass is 492 g/mol. The van der Waals surface area contributed by atoms with Crippen molar-refractivity contribution in [3.8, 4) is 0 Å². The van der Waals surface area contributed by atoms with E-state index < -0.39 is 12.1 Å². The van der Waals surface area contributed by atoms with Crippen LogP contribution in [0.3, 0.4) is 0 Å². The van der Waals surface area contributed by atoms with Crippen molar-refractivity contribution >= 4 is 17.4 Å². The number of fused-ring (bicyclic) bond motifs is 1. The van der Waals surface area contributed by atoms with Gasteiger partial charge >= 0.3 is 12.1 Å². The van der Waals surface area contributed by atoms with Gasteiger partial charge in [-0.3, -0.25) is 4.90 Å². The summed E-state index contributed by atoms with van der Waals surface area (Å²) in [7, 11) is 0. The summed E-state index contributed by atoms with van der Waals surface area (Å²) in [5.74, 6) is -0.346. The Hall–Kier alpha value is -3.21. The van der Waals surface area contributed by atoms with E-state index in [9.17, 15) is 13.2 Å². The molecule has 1 aromatic carbocycles. The number of aromatic nitrogens is 4. The lowest BCUT2D eigenvalue weighted by Crippen LogP contribution is -2.37. The Labute approximate surface area is 202 Å². The summed E-state index contributed by atoms with van der Waals surface area (Å²) in [4.78, 5) is 11.5. The van der Waals surface area contributed by atoms with Gasteiger partial charge in [-0.05, 0) is 43.0 Å². The highest BCUT2D eigenvalue weighted by atomic mass is 19.4. The van der Waals surface area contributed by atoms with Crippen molar-refractivity contribution in [3.05, 3.63) is 53.9 Å². The van der Waals surface area contributed by atoms with Crippen molar-refractivity contribution in [2.24, 2.45) is 5.92 Å². The average molecular weight is 493 g/mol. The SMILES string of the molecule is CC(C)(C)c1nnc2ccc(NCC3CCCN(Cc4ccccc4)C3)nn12.O=C(O)C(F)(F)F. The molecule has 0 bridgehead atoms. The van der Waals surface area contributed by atoms with Crippen molar-refractivity contribution < 1.29 is 23.1 Å². The minimum absolute atomic E-state index is 0.0909. The van der Waals surface area contributed by atoms with Crippen LogP contribution < -0.4 is 5.32 Å². The third-order valence-electron chi connectivity index (χ3n) is 5.60. The van der Waals surface area contributed by atoms with Crippen LogP contribution in [-0.4, -0.2) is 61.6 Å². The second-order valence-corrected chi connectivity index (χ2v) is 9.67. The fourth-order valence-electron chi connectivity index (χ4n) is 3.90. The quantitative estimate of drug-likeness (QED) is 0.546. The Balaban J connectivity index is 0.000000429. The van der Waals surface area contributed by atoms with Gasteiger partial charge in [0.1, 0.15) is 5.82 Å². The number of rotatable bonds is 5. The van der Waals surface area contributed by atoms with E-state index in [-0.39, 0.29) is 5.41 Å². The fourth-order valence-corrected chi connectivity index (χ4v) is 3.90. The molecule has 3 heterocycles. The Morgan fingerprint density at radius 3 is 2.43 bits per heavy atom. The van der Waals surface area contributed by atoms with Gasteiger partial charge in [-0.15, -0.1) is 15.3 Å². The van der Waals surface area contributed by atoms with Gasteiger partial charge in [0.25, 0.3) is 0 Å². The minimum Gasteiger partial charge on any atom is -0.475 e. The first kappa shape index (κ1) is 26.4. The summed E-state index contributed by atoms with van der Waals surface area (Å²) in [5.41, 5.74) is 2.10. The summed E-state index contributed by atoms with van der Waals surface area (Å²) >= 11 is 0. The van der Waals surface area contributed by atoms with Crippen molar-refractivity contribution in [1.82, 2.24) is 24.7 Å². The van der Waals surface area contributed by atoms with Crippen molar-refractivity contribution in [3.63, 3.8) is 0 Å². The lowest BCUT2D eigenvalue weighted by Gasteiger charge is -2.33. The van der Waals surface area contributed by atoms with Gasteiger partial charge in [-0.2, -0.15) is 17.7 Å². The Morgan fingerprint density at radius 2 is 1.80 bits per heavy atom. The molecule has 2 N–H and O–H groups in total. The molecular formula is C24H31F3N6O2. The first-order valence-corrected chi connectivity index (χ1v) is 11.5. The predicted molar refractivity (Wildman–Crippen MR) is 126 cm³/mol. The number of piperidine rings is 1. The van der Waals surface area contributed by atoms with E-state index in [1.165, 1.54) is 24.9 Å². The topological polar surface area (TPSA) is 95.7 Å². The molecule has 1 unspecified atom stereocenters. The fraction of sp³-hybridized carbons (Fsp3) is 0.500. The molecule has 0 spiro atoms. The zero-order valence-electron chi connectivity index (χ0n) is 20.1. The number of alkyl halides is 3. The number of likely N-dealkylation sites (tertiary alicyclic amines) is 1. The molecule has 35 heavy (non-hydrogen) atoms. The molecule has 0 radical (unpaired) electrons. The van der Waals surface area contributed by atoms with Gasteiger partial charge in [0.05, 0.1) is 0 Å². The molecule has 1 aliphatic heterocycles. The number of benzene rings is 1. The Kier molecular flexibility index (Phi) is 8.31. The number of carbonyl (C=O) groups is 1. The number of nitrogens with one attached hydrogen (secondary N) is 1. The normalized spacial score (nSPS) is 17.0. The molecule has 11 heteroatoms. The minimum atomic E-state index is -5.08. The van der Waals surface area contributed by atoms with Gasteiger partial charge in [-0.25, -0.2) is 4.79 Å². The second kappa shape index (κ2) is 11.0. The molecule has 190 valence electrons. The van der Waals surface area contributed by atoms with Gasteiger partial charge in [0.15, 0.2) is 11.5 Å². The summed E-state index contributed by atoms with van der Waals surface area (Å²) in [6, 6.07) is 14.7. The first-order valence-electron chi connectivity index (χ1n) is 11.5. The summed E-state index contributed by atoms with van der Waals surface area (Å²) in [6.07, 6.45) is -2.56. The summed E-state index contributed by atoms with van der Waals surface area (Å²) < 4.78 is 33.6. The van der Waals surface area contributed by atoms with E-state index in [2.05, 4.69) is 71.5 Å². The summed E-state index contributed by atoms with van der Waals surface area (Å²) in [6.45, 7) is 10.7. The molecule has 0 amide bonds. The average Bonchev–Trinajstić information content (AvgIpc) is 3.22. The summed E-state index contributed by atoms with van der Waals surface area (Å²) in [5, 5.41) is 24.0. The van der Waals surface area contributed by atoms with E-state index in [4.69, 9.17) is 15.0 Å². The lowest BCUT2D eigenvalue weighted by molar-refractivity contribution is -0.192. The molecule has 4 rings (SSSR count). The van der Waals surface area contributed by atoms with Crippen LogP contribution in [0.15, 0.2) is 42.5 Å². The van der Waals surface area contributed by atoms with Gasteiger partial charge in [-0.1, -0.05) is 51.1 Å². The van der Waals surface area contributed by atoms with Crippen LogP contribution in [-0.2, 0) is 16.8 Å². The van der Waals surface area contributed by atoms with Crippen molar-refractivity contribution in [2.75, 3.05) is 25.0 Å². The number of nitrogens with zero attached hydrogens (tertiary/aromatic N) is 5. The van der Waals surface area contributed by atoms with Crippen LogP contribution in [0.4, 0.5) is 19.0 Å². The molecule has 2 aromatic heterocycles. The first-order chi connectivity index (χ1) is 16.4. The maximum absolute atomic E-state index is 10.6.